The van der Waals surface area contributed by atoms with Crippen LogP contribution in [-0.2, 0) is 0 Å². The first-order valence-electron chi connectivity index (χ1n) is 6.59. The highest BCUT2D eigenvalue weighted by atomic mass is 14.9. The van der Waals surface area contributed by atoms with Crippen LogP contribution in [-0.4, -0.2) is 12.6 Å². The second-order valence-corrected chi connectivity index (χ2v) is 5.41. The second kappa shape index (κ2) is 5.50. The van der Waals surface area contributed by atoms with E-state index in [2.05, 4.69) is 56.4 Å². The largest absolute Gasteiger partial charge is 0.310 e. The van der Waals surface area contributed by atoms with E-state index in [4.69, 9.17) is 0 Å². The Bertz CT molecular complexity index is 396. The summed E-state index contributed by atoms with van der Waals surface area (Å²) in [5, 5.41) is 3.59. The van der Waals surface area contributed by atoms with Crippen molar-refractivity contribution in [2.75, 3.05) is 6.54 Å². The van der Waals surface area contributed by atoms with Crippen LogP contribution in [0.25, 0.3) is 0 Å². The zero-order valence-electron chi connectivity index (χ0n) is 11.2. The van der Waals surface area contributed by atoms with E-state index in [1.807, 2.05) is 0 Å². The summed E-state index contributed by atoms with van der Waals surface area (Å²) in [5.74, 6) is 0.778. The summed E-state index contributed by atoms with van der Waals surface area (Å²) < 4.78 is 0. The first kappa shape index (κ1) is 12.4. The normalized spacial score (nSPS) is 23.0. The minimum Gasteiger partial charge on any atom is -0.310 e. The van der Waals surface area contributed by atoms with Crippen LogP contribution in [0.4, 0.5) is 0 Å². The predicted octanol–water partition coefficient (Wildman–Crippen LogP) is 3.80. The van der Waals surface area contributed by atoms with E-state index in [1.165, 1.54) is 24.0 Å². The van der Waals surface area contributed by atoms with Crippen LogP contribution in [0, 0.1) is 6.92 Å². The fraction of sp³-hybridized carbons (Fsp3) is 0.500. The molecule has 2 rings (SSSR count). The van der Waals surface area contributed by atoms with Crippen LogP contribution >= 0.6 is 0 Å². The van der Waals surface area contributed by atoms with Crippen molar-refractivity contribution in [2.45, 2.75) is 45.6 Å². The van der Waals surface area contributed by atoms with Crippen molar-refractivity contribution in [3.63, 3.8) is 0 Å². The Morgan fingerprint density at radius 2 is 2.00 bits per heavy atom. The number of aryl methyl sites for hydroxylation is 1. The SMILES string of the molecule is CC(C)=CCNC1CC(c2ccccc2C)C1. The van der Waals surface area contributed by atoms with Crippen LogP contribution in [0.15, 0.2) is 35.9 Å². The lowest BCUT2D eigenvalue weighted by Gasteiger charge is -2.37. The average molecular weight is 229 g/mol. The van der Waals surface area contributed by atoms with Gasteiger partial charge in [0.1, 0.15) is 0 Å². The molecule has 17 heavy (non-hydrogen) atoms. The Hall–Kier alpha value is -1.08. The van der Waals surface area contributed by atoms with Crippen molar-refractivity contribution in [1.29, 1.82) is 0 Å². The molecule has 0 spiro atoms. The molecule has 0 saturated heterocycles. The Labute approximate surface area is 105 Å². The molecular formula is C16H23N. The molecule has 0 aliphatic heterocycles. The van der Waals surface area contributed by atoms with Gasteiger partial charge in [-0.15, -0.1) is 0 Å². The summed E-state index contributed by atoms with van der Waals surface area (Å²) in [6, 6.07) is 9.51. The molecule has 1 aliphatic rings. The summed E-state index contributed by atoms with van der Waals surface area (Å²) in [5.41, 5.74) is 4.39. The second-order valence-electron chi connectivity index (χ2n) is 5.41. The van der Waals surface area contributed by atoms with Crippen molar-refractivity contribution < 1.29 is 0 Å². The van der Waals surface area contributed by atoms with Gasteiger partial charge < -0.3 is 5.32 Å². The quantitative estimate of drug-likeness (QED) is 0.774. The lowest BCUT2D eigenvalue weighted by Crippen LogP contribution is -2.40. The van der Waals surface area contributed by atoms with E-state index in [0.717, 1.165) is 18.5 Å². The van der Waals surface area contributed by atoms with Gasteiger partial charge in [0.15, 0.2) is 0 Å². The molecule has 1 nitrogen and oxygen atoms in total. The van der Waals surface area contributed by atoms with Crippen molar-refractivity contribution in [3.05, 3.63) is 47.0 Å². The molecule has 0 radical (unpaired) electrons. The average Bonchev–Trinajstić information content (AvgIpc) is 2.23. The summed E-state index contributed by atoms with van der Waals surface area (Å²) in [6.45, 7) is 7.55. The highest BCUT2D eigenvalue weighted by molar-refractivity contribution is 5.31. The first-order valence-corrected chi connectivity index (χ1v) is 6.59. The van der Waals surface area contributed by atoms with E-state index in [9.17, 15) is 0 Å². The molecule has 0 unspecified atom stereocenters. The van der Waals surface area contributed by atoms with Crippen LogP contribution in [0.2, 0.25) is 0 Å². The Balaban J connectivity index is 1.79. The number of benzene rings is 1. The third kappa shape index (κ3) is 3.19. The molecule has 0 bridgehead atoms. The molecule has 0 aromatic heterocycles. The number of rotatable bonds is 4. The monoisotopic (exact) mass is 229 g/mol. The highest BCUT2D eigenvalue weighted by Crippen LogP contribution is 2.38. The van der Waals surface area contributed by atoms with Gasteiger partial charge in [-0.1, -0.05) is 35.9 Å². The van der Waals surface area contributed by atoms with E-state index in [1.54, 1.807) is 5.56 Å². The Morgan fingerprint density at radius 3 is 2.65 bits per heavy atom. The van der Waals surface area contributed by atoms with E-state index < -0.39 is 0 Å². The van der Waals surface area contributed by atoms with Crippen LogP contribution in [0.5, 0.6) is 0 Å². The Kier molecular flexibility index (Phi) is 4.01. The van der Waals surface area contributed by atoms with Crippen LogP contribution < -0.4 is 5.32 Å². The van der Waals surface area contributed by atoms with Gasteiger partial charge in [-0.05, 0) is 50.7 Å². The fourth-order valence-corrected chi connectivity index (χ4v) is 2.51. The number of nitrogens with one attached hydrogen (secondary N) is 1. The molecule has 0 amide bonds. The van der Waals surface area contributed by atoms with Gasteiger partial charge in [-0.2, -0.15) is 0 Å². The topological polar surface area (TPSA) is 12.0 Å². The first-order chi connectivity index (χ1) is 8.16. The maximum atomic E-state index is 3.59. The van der Waals surface area contributed by atoms with Gasteiger partial charge in [-0.25, -0.2) is 0 Å². The van der Waals surface area contributed by atoms with Crippen molar-refractivity contribution in [2.24, 2.45) is 0 Å². The molecular weight excluding hydrogens is 206 g/mol. The minimum atomic E-state index is 0.718. The molecule has 0 atom stereocenters. The lowest BCUT2D eigenvalue weighted by molar-refractivity contribution is 0.299. The van der Waals surface area contributed by atoms with Crippen LogP contribution in [0.1, 0.15) is 43.7 Å². The number of allylic oxidation sites excluding steroid dienone is 1. The maximum absolute atomic E-state index is 3.59. The van der Waals surface area contributed by atoms with E-state index in [0.29, 0.717) is 0 Å². The molecule has 1 N–H and O–H groups in total. The smallest absolute Gasteiger partial charge is 0.0139 e. The summed E-state index contributed by atoms with van der Waals surface area (Å²) >= 11 is 0. The molecule has 1 heteroatoms. The van der Waals surface area contributed by atoms with Crippen LogP contribution in [0.3, 0.4) is 0 Å². The number of hydrogen-bond donors (Lipinski definition) is 1. The molecule has 1 aromatic rings. The minimum absolute atomic E-state index is 0.718. The Morgan fingerprint density at radius 1 is 1.29 bits per heavy atom. The fourth-order valence-electron chi connectivity index (χ4n) is 2.51. The predicted molar refractivity (Wildman–Crippen MR) is 74.4 cm³/mol. The van der Waals surface area contributed by atoms with Gasteiger partial charge >= 0.3 is 0 Å². The van der Waals surface area contributed by atoms with E-state index in [-0.39, 0.29) is 0 Å². The molecule has 0 heterocycles. The van der Waals surface area contributed by atoms with Crippen molar-refractivity contribution >= 4 is 0 Å². The van der Waals surface area contributed by atoms with Gasteiger partial charge in [0, 0.05) is 12.6 Å². The van der Waals surface area contributed by atoms with Gasteiger partial charge in [0.2, 0.25) is 0 Å². The van der Waals surface area contributed by atoms with E-state index >= 15 is 0 Å². The van der Waals surface area contributed by atoms with Crippen molar-refractivity contribution in [3.8, 4) is 0 Å². The lowest BCUT2D eigenvalue weighted by atomic mass is 9.74. The summed E-state index contributed by atoms with van der Waals surface area (Å²) in [4.78, 5) is 0. The van der Waals surface area contributed by atoms with Crippen molar-refractivity contribution in [1.82, 2.24) is 5.32 Å². The molecule has 92 valence electrons. The third-order valence-electron chi connectivity index (χ3n) is 3.68. The van der Waals surface area contributed by atoms with Gasteiger partial charge in [-0.3, -0.25) is 0 Å². The standard InChI is InChI=1S/C16H23N/c1-12(2)8-9-17-15-10-14(11-15)16-7-5-4-6-13(16)3/h4-8,14-15,17H,9-11H2,1-3H3. The third-order valence-corrected chi connectivity index (χ3v) is 3.68. The molecule has 1 aliphatic carbocycles. The summed E-state index contributed by atoms with van der Waals surface area (Å²) in [6.07, 6.45) is 4.85. The molecule has 1 aromatic carbocycles. The van der Waals surface area contributed by atoms with Gasteiger partial charge in [0.05, 0.1) is 0 Å². The highest BCUT2D eigenvalue weighted by Gasteiger charge is 2.30. The summed E-state index contributed by atoms with van der Waals surface area (Å²) in [7, 11) is 0. The zero-order valence-corrected chi connectivity index (χ0v) is 11.2. The number of hydrogen-bond acceptors (Lipinski definition) is 1. The molecule has 1 fully saturated rings. The maximum Gasteiger partial charge on any atom is 0.0139 e. The van der Waals surface area contributed by atoms with Gasteiger partial charge in [0.25, 0.3) is 0 Å². The molecule has 1 saturated carbocycles. The zero-order chi connectivity index (χ0) is 12.3.